The molecule has 0 saturated heterocycles. The van der Waals surface area contributed by atoms with Crippen LogP contribution in [0.25, 0.3) is 0 Å². The van der Waals surface area contributed by atoms with Gasteiger partial charge in [0.05, 0.1) is 14.2 Å². The molecule has 2 aliphatic carbocycles. The number of esters is 2. The molecule has 10 radical (unpaired) electrons. The van der Waals surface area contributed by atoms with Crippen LogP contribution in [0.4, 0.5) is 0 Å². The first-order valence-electron chi connectivity index (χ1n) is 6.89. The monoisotopic (exact) mass is 356 g/mol. The molecule has 2 fully saturated rings. The average molecular weight is 356 g/mol. The van der Waals surface area contributed by atoms with E-state index in [4.69, 9.17) is 0 Å². The zero-order valence-corrected chi connectivity index (χ0v) is 14.2. The van der Waals surface area contributed by atoms with Crippen molar-refractivity contribution in [3.63, 3.8) is 0 Å². The summed E-state index contributed by atoms with van der Waals surface area (Å²) >= 11 is 0. The van der Waals surface area contributed by atoms with E-state index < -0.39 is 17.9 Å². The zero-order chi connectivity index (χ0) is 16.2. The first-order chi connectivity index (χ1) is 10.7. The Kier molecular flexibility index (Phi) is 13.1. The molecule has 5 heteroatoms. The summed E-state index contributed by atoms with van der Waals surface area (Å²) in [7, 11) is 2.50. The Morgan fingerprint density at radius 3 is 1.74 bits per heavy atom. The fourth-order valence-electron chi connectivity index (χ4n) is 1.73. The molecule has 0 amide bonds. The fraction of sp³-hybridized carbons (Fsp3) is 0.222. The second-order valence-electron chi connectivity index (χ2n) is 4.42. The van der Waals surface area contributed by atoms with E-state index in [0.29, 0.717) is 0 Å². The summed E-state index contributed by atoms with van der Waals surface area (Å²) in [4.78, 5) is 22.7. The van der Waals surface area contributed by atoms with Crippen LogP contribution in [0, 0.1) is 69.6 Å². The smallest absolute Gasteiger partial charge is 0.468 e. The topological polar surface area (TPSA) is 52.6 Å². The number of carbonyl (C=O) groups is 2. The van der Waals surface area contributed by atoms with Gasteiger partial charge in [-0.3, -0.25) is 9.59 Å². The van der Waals surface area contributed by atoms with E-state index >= 15 is 0 Å². The van der Waals surface area contributed by atoms with Gasteiger partial charge in [0, 0.05) is 5.92 Å². The third-order valence-electron chi connectivity index (χ3n) is 2.90. The van der Waals surface area contributed by atoms with E-state index in [2.05, 4.69) is 9.47 Å². The first kappa shape index (κ1) is 22.2. The molecule has 0 heterocycles. The maximum atomic E-state index is 11.3. The van der Waals surface area contributed by atoms with Gasteiger partial charge in [-0.25, -0.2) is 0 Å². The van der Waals surface area contributed by atoms with Crippen molar-refractivity contribution in [2.24, 2.45) is 5.92 Å². The van der Waals surface area contributed by atoms with Gasteiger partial charge in [-0.2, -0.15) is 0 Å². The minimum absolute atomic E-state index is 0. The van der Waals surface area contributed by atoms with Crippen LogP contribution in [0.15, 0.2) is 12.2 Å². The van der Waals surface area contributed by atoms with Crippen LogP contribution in [-0.2, 0) is 36.1 Å². The van der Waals surface area contributed by atoms with Gasteiger partial charge in [-0.1, -0.05) is 12.2 Å². The molecule has 0 aromatic heterocycles. The van der Waals surface area contributed by atoms with E-state index in [1.807, 2.05) is 63.9 Å². The molecule has 23 heavy (non-hydrogen) atoms. The Hall–Kier alpha value is -0.801. The number of rotatable bonds is 5. The Morgan fingerprint density at radius 1 is 0.913 bits per heavy atom. The summed E-state index contributed by atoms with van der Waals surface area (Å²) in [5.41, 5.74) is 0. The van der Waals surface area contributed by atoms with Gasteiger partial charge < -0.3 is 9.47 Å². The summed E-state index contributed by atoms with van der Waals surface area (Å²) in [5.74, 6) is -1.03. The molecule has 2 saturated carbocycles. The molecule has 0 aliphatic heterocycles. The van der Waals surface area contributed by atoms with Gasteiger partial charge in [0.15, 0.2) is 5.92 Å². The van der Waals surface area contributed by atoms with Gasteiger partial charge in [0.1, 0.15) is 0 Å². The van der Waals surface area contributed by atoms with E-state index in [-0.39, 0.29) is 23.5 Å². The molecule has 0 atom stereocenters. The van der Waals surface area contributed by atoms with E-state index in [0.717, 1.165) is 5.92 Å². The van der Waals surface area contributed by atoms with E-state index in [1.54, 1.807) is 6.08 Å². The van der Waals surface area contributed by atoms with Crippen molar-refractivity contribution in [2.75, 3.05) is 14.2 Å². The minimum Gasteiger partial charge on any atom is -0.468 e. The minimum atomic E-state index is -0.892. The normalized spacial score (nSPS) is 17.5. The van der Waals surface area contributed by atoms with Crippen molar-refractivity contribution >= 4 is 11.9 Å². The molecule has 0 spiro atoms. The number of hydrogen-bond acceptors (Lipinski definition) is 4. The third-order valence-corrected chi connectivity index (χ3v) is 2.90. The van der Waals surface area contributed by atoms with Gasteiger partial charge in [0.25, 0.3) is 0 Å². The van der Waals surface area contributed by atoms with E-state index in [1.165, 1.54) is 14.2 Å². The van der Waals surface area contributed by atoms with Crippen LogP contribution >= 0.6 is 0 Å². The van der Waals surface area contributed by atoms with Crippen molar-refractivity contribution in [2.45, 2.75) is 6.42 Å². The summed E-state index contributed by atoms with van der Waals surface area (Å²) in [5, 5.41) is 0. The Morgan fingerprint density at radius 2 is 1.35 bits per heavy atom. The molecule has 4 nitrogen and oxygen atoms in total. The van der Waals surface area contributed by atoms with Gasteiger partial charge in [-0.15, -0.1) is 0 Å². The number of hydrogen-bond donors (Lipinski definition) is 0. The SMILES string of the molecule is COC(=O)C(C/C=C/[C]1[CH][CH][CH][CH]1)C(=O)OC.[CH]1[CH][CH][CH][CH]1.[Fe+2]. The van der Waals surface area contributed by atoms with E-state index in [9.17, 15) is 9.59 Å². The zero-order valence-electron chi connectivity index (χ0n) is 13.1. The number of allylic oxidation sites excluding steroid dienone is 2. The quantitative estimate of drug-likeness (QED) is 0.431. The molecule has 2 aliphatic rings. The first-order valence-corrected chi connectivity index (χ1v) is 6.89. The maximum absolute atomic E-state index is 11.3. The Labute approximate surface area is 150 Å². The molecule has 0 aromatic rings. The van der Waals surface area contributed by atoms with Crippen LogP contribution < -0.4 is 0 Å². The van der Waals surface area contributed by atoms with Gasteiger partial charge >= 0.3 is 29.0 Å². The van der Waals surface area contributed by atoms with Crippen LogP contribution in [0.3, 0.4) is 0 Å². The van der Waals surface area contributed by atoms with Gasteiger partial charge in [-0.05, 0) is 64.2 Å². The molecule has 2 rings (SSSR count). The van der Waals surface area contributed by atoms with Crippen molar-refractivity contribution in [1.29, 1.82) is 0 Å². The standard InChI is InChI=1S/C13H15O4.C5H5.Fe/c1-16-12(14)11(13(15)17-2)9-5-8-10-6-3-4-7-10;1-2-4-5-3-1;/h3-8,11H,9H2,1-2H3;1-5H;/q;;+2/b8-5+;;. The summed E-state index contributed by atoms with van der Waals surface area (Å²) in [6.07, 6.45) is 21.6. The molecular weight excluding hydrogens is 336 g/mol. The van der Waals surface area contributed by atoms with Crippen LogP contribution in [0.5, 0.6) is 0 Å². The largest absolute Gasteiger partial charge is 2.00 e. The Bertz CT molecular complexity index is 334. The van der Waals surface area contributed by atoms with Crippen molar-refractivity contribution in [1.82, 2.24) is 0 Å². The summed E-state index contributed by atoms with van der Waals surface area (Å²) in [6.45, 7) is 0. The van der Waals surface area contributed by atoms with Crippen LogP contribution in [0.1, 0.15) is 6.42 Å². The summed E-state index contributed by atoms with van der Waals surface area (Å²) < 4.78 is 9.10. The molecule has 0 bridgehead atoms. The van der Waals surface area contributed by atoms with Crippen LogP contribution in [-0.4, -0.2) is 26.2 Å². The number of carbonyl (C=O) groups excluding carboxylic acids is 2. The molecule has 0 N–H and O–H groups in total. The molecule has 0 aromatic carbocycles. The average Bonchev–Trinajstić information content (AvgIpc) is 3.25. The maximum Gasteiger partial charge on any atom is 2.00 e. The second kappa shape index (κ2) is 13.6. The number of ether oxygens (including phenoxy) is 2. The predicted octanol–water partition coefficient (Wildman–Crippen LogP) is 2.32. The number of methoxy groups -OCH3 is 2. The van der Waals surface area contributed by atoms with Crippen molar-refractivity contribution in [3.8, 4) is 0 Å². The predicted molar refractivity (Wildman–Crippen MR) is 83.2 cm³/mol. The van der Waals surface area contributed by atoms with Gasteiger partial charge in [0.2, 0.25) is 0 Å². The van der Waals surface area contributed by atoms with Crippen molar-refractivity contribution < 1.29 is 36.1 Å². The fourth-order valence-corrected chi connectivity index (χ4v) is 1.73. The van der Waals surface area contributed by atoms with Crippen LogP contribution in [0.2, 0.25) is 0 Å². The third kappa shape index (κ3) is 9.17. The second-order valence-corrected chi connectivity index (χ2v) is 4.42. The molecule has 0 unspecified atom stereocenters. The van der Waals surface area contributed by atoms with Crippen molar-refractivity contribution in [3.05, 3.63) is 75.9 Å². The summed E-state index contributed by atoms with van der Waals surface area (Å²) in [6, 6.07) is 0. The molecular formula is C18H20FeO4+2. The molecule has 122 valence electrons. The Balaban J connectivity index is 0.000000684.